The molecule has 2 N–H and O–H groups in total. The van der Waals surface area contributed by atoms with Crippen molar-refractivity contribution in [3.05, 3.63) is 35.6 Å². The zero-order valence-corrected chi connectivity index (χ0v) is 20.9. The van der Waals surface area contributed by atoms with Crippen molar-refractivity contribution in [2.24, 2.45) is 10.9 Å². The number of ether oxygens (including phenoxy) is 2. The maximum atomic E-state index is 6.03. The van der Waals surface area contributed by atoms with E-state index in [1.54, 1.807) is 0 Å². The third-order valence-corrected chi connectivity index (χ3v) is 6.17. The molecule has 0 spiro atoms. The largest absolute Gasteiger partial charge is 0.459 e. The monoisotopic (exact) mass is 542 g/mol. The Kier molecular flexibility index (Phi) is 9.43. The Morgan fingerprint density at radius 1 is 1.16 bits per heavy atom. The van der Waals surface area contributed by atoms with Gasteiger partial charge in [-0.3, -0.25) is 4.90 Å². The molecule has 2 fully saturated rings. The van der Waals surface area contributed by atoms with Gasteiger partial charge in [0.25, 0.3) is 0 Å². The molecule has 0 saturated carbocycles. The Bertz CT molecular complexity index is 844. The number of nitrogens with one attached hydrogen (secondary N) is 2. The van der Waals surface area contributed by atoms with E-state index >= 15 is 0 Å². The van der Waals surface area contributed by atoms with E-state index in [-0.39, 0.29) is 24.0 Å². The van der Waals surface area contributed by atoms with E-state index in [2.05, 4.69) is 35.4 Å². The van der Waals surface area contributed by atoms with E-state index in [1.807, 2.05) is 18.2 Å². The fraction of sp³-hybridized carbons (Fsp3) is 0.609. The molecule has 2 unspecified atom stereocenters. The molecule has 0 radical (unpaired) electrons. The van der Waals surface area contributed by atoms with Crippen LogP contribution in [0.15, 0.2) is 33.7 Å². The Balaban J connectivity index is 0.00000272. The van der Waals surface area contributed by atoms with Gasteiger partial charge in [-0.2, -0.15) is 0 Å². The SMILES string of the molecule is CCNC(=NCc1oc2ccccc2c1C)NCC(C1CCOC1)N1CCOCC1.I. The van der Waals surface area contributed by atoms with E-state index in [0.29, 0.717) is 18.5 Å². The number of furan rings is 1. The van der Waals surface area contributed by atoms with Crippen molar-refractivity contribution in [2.75, 3.05) is 52.6 Å². The van der Waals surface area contributed by atoms with E-state index in [9.17, 15) is 0 Å². The van der Waals surface area contributed by atoms with Crippen LogP contribution in [0.4, 0.5) is 0 Å². The van der Waals surface area contributed by atoms with Gasteiger partial charge in [-0.25, -0.2) is 4.99 Å². The maximum absolute atomic E-state index is 6.03. The quantitative estimate of drug-likeness (QED) is 0.319. The summed E-state index contributed by atoms with van der Waals surface area (Å²) in [5.74, 6) is 2.30. The molecule has 4 rings (SSSR count). The van der Waals surface area contributed by atoms with Gasteiger partial charge in [-0.05, 0) is 26.3 Å². The highest BCUT2D eigenvalue weighted by Crippen LogP contribution is 2.25. The molecule has 0 amide bonds. The highest BCUT2D eigenvalue weighted by Gasteiger charge is 2.31. The van der Waals surface area contributed by atoms with Gasteiger partial charge in [0, 0.05) is 55.7 Å². The summed E-state index contributed by atoms with van der Waals surface area (Å²) >= 11 is 0. The summed E-state index contributed by atoms with van der Waals surface area (Å²) in [5.41, 5.74) is 2.09. The molecule has 0 bridgehead atoms. The lowest BCUT2D eigenvalue weighted by molar-refractivity contribution is 0.00246. The number of fused-ring (bicyclic) bond motifs is 1. The number of hydrogen-bond donors (Lipinski definition) is 2. The molecule has 2 atom stereocenters. The van der Waals surface area contributed by atoms with Crippen LogP contribution >= 0.6 is 24.0 Å². The van der Waals surface area contributed by atoms with Crippen molar-refractivity contribution < 1.29 is 13.9 Å². The molecule has 7 nitrogen and oxygen atoms in total. The lowest BCUT2D eigenvalue weighted by Gasteiger charge is -2.37. The van der Waals surface area contributed by atoms with Gasteiger partial charge in [0.15, 0.2) is 5.96 Å². The number of halogens is 1. The average molecular weight is 542 g/mol. The van der Waals surface area contributed by atoms with Gasteiger partial charge in [-0.1, -0.05) is 18.2 Å². The van der Waals surface area contributed by atoms with Crippen molar-refractivity contribution in [3.8, 4) is 0 Å². The third kappa shape index (κ3) is 6.12. The molecule has 3 heterocycles. The Hall–Kier alpha value is -1.36. The molecule has 2 aliphatic heterocycles. The summed E-state index contributed by atoms with van der Waals surface area (Å²) in [6.07, 6.45) is 1.12. The van der Waals surface area contributed by atoms with E-state index in [4.69, 9.17) is 18.9 Å². The minimum Gasteiger partial charge on any atom is -0.459 e. The number of rotatable bonds is 7. The molecule has 2 aromatic rings. The lowest BCUT2D eigenvalue weighted by Crippen LogP contribution is -2.53. The molecular weight excluding hydrogens is 507 g/mol. The van der Waals surface area contributed by atoms with E-state index in [0.717, 1.165) is 81.7 Å². The number of para-hydroxylation sites is 1. The first-order valence-electron chi connectivity index (χ1n) is 11.1. The van der Waals surface area contributed by atoms with Crippen LogP contribution in [0.3, 0.4) is 0 Å². The first kappa shape index (κ1) is 24.3. The summed E-state index contributed by atoms with van der Waals surface area (Å²) in [5, 5.41) is 8.12. The maximum Gasteiger partial charge on any atom is 0.191 e. The lowest BCUT2D eigenvalue weighted by atomic mass is 9.97. The summed E-state index contributed by atoms with van der Waals surface area (Å²) in [6.45, 7) is 11.7. The number of morpholine rings is 1. The van der Waals surface area contributed by atoms with Crippen LogP contribution in [0.25, 0.3) is 11.0 Å². The van der Waals surface area contributed by atoms with Crippen molar-refractivity contribution in [1.82, 2.24) is 15.5 Å². The molecule has 2 aliphatic rings. The van der Waals surface area contributed by atoms with Gasteiger partial charge in [0.2, 0.25) is 0 Å². The second kappa shape index (κ2) is 12.0. The van der Waals surface area contributed by atoms with Gasteiger partial charge in [0.05, 0.1) is 19.8 Å². The third-order valence-electron chi connectivity index (χ3n) is 6.17. The van der Waals surface area contributed by atoms with Gasteiger partial charge in [-0.15, -0.1) is 24.0 Å². The van der Waals surface area contributed by atoms with E-state index < -0.39 is 0 Å². The second-order valence-corrected chi connectivity index (χ2v) is 8.06. The standard InChI is InChI=1S/C23H34N4O3.HI/c1-3-24-23(26-15-22-17(2)19-6-4-5-7-21(19)30-22)25-14-20(18-8-11-29-16-18)27-9-12-28-13-10-27;/h4-7,18,20H,3,8-16H2,1-2H3,(H2,24,25,26);1H. The fourth-order valence-corrected chi connectivity index (χ4v) is 4.43. The summed E-state index contributed by atoms with van der Waals surface area (Å²) in [4.78, 5) is 7.35. The molecule has 8 heteroatoms. The molecule has 172 valence electrons. The smallest absolute Gasteiger partial charge is 0.191 e. The predicted molar refractivity (Wildman–Crippen MR) is 134 cm³/mol. The second-order valence-electron chi connectivity index (χ2n) is 8.06. The normalized spacial score (nSPS) is 21.1. The van der Waals surface area contributed by atoms with Gasteiger partial charge >= 0.3 is 0 Å². The Morgan fingerprint density at radius 3 is 2.68 bits per heavy atom. The zero-order chi connectivity index (χ0) is 20.8. The predicted octanol–water partition coefficient (Wildman–Crippen LogP) is 3.15. The molecule has 1 aromatic heterocycles. The summed E-state index contributed by atoms with van der Waals surface area (Å²) in [6, 6.07) is 8.58. The first-order chi connectivity index (χ1) is 14.8. The average Bonchev–Trinajstić information content (AvgIpc) is 3.42. The molecule has 31 heavy (non-hydrogen) atoms. The van der Waals surface area contributed by atoms with E-state index in [1.165, 1.54) is 5.56 Å². The molecule has 1 aromatic carbocycles. The van der Waals surface area contributed by atoms with Crippen molar-refractivity contribution in [2.45, 2.75) is 32.9 Å². The summed E-state index contributed by atoms with van der Waals surface area (Å²) < 4.78 is 17.3. The van der Waals surface area contributed by atoms with Crippen LogP contribution in [0, 0.1) is 12.8 Å². The van der Waals surface area contributed by atoms with Crippen LogP contribution in [-0.4, -0.2) is 69.5 Å². The minimum atomic E-state index is 0. The zero-order valence-electron chi connectivity index (χ0n) is 18.6. The van der Waals surface area contributed by atoms with Gasteiger partial charge < -0.3 is 24.5 Å². The topological polar surface area (TPSA) is 71.3 Å². The van der Waals surface area contributed by atoms with Crippen LogP contribution < -0.4 is 10.6 Å². The summed E-state index contributed by atoms with van der Waals surface area (Å²) in [7, 11) is 0. The Morgan fingerprint density at radius 2 is 1.97 bits per heavy atom. The molecule has 2 saturated heterocycles. The highest BCUT2D eigenvalue weighted by molar-refractivity contribution is 14.0. The number of aliphatic imine (C=N–C) groups is 1. The van der Waals surface area contributed by atoms with Gasteiger partial charge in [0.1, 0.15) is 17.9 Å². The number of hydrogen-bond acceptors (Lipinski definition) is 5. The highest BCUT2D eigenvalue weighted by atomic mass is 127. The van der Waals surface area contributed by atoms with Crippen LogP contribution in [0.5, 0.6) is 0 Å². The van der Waals surface area contributed by atoms with Crippen LogP contribution in [-0.2, 0) is 16.0 Å². The minimum absolute atomic E-state index is 0. The number of benzene rings is 1. The number of guanidine groups is 1. The van der Waals surface area contributed by atoms with Crippen molar-refractivity contribution >= 4 is 40.9 Å². The van der Waals surface area contributed by atoms with Crippen LogP contribution in [0.2, 0.25) is 0 Å². The molecule has 0 aliphatic carbocycles. The molecular formula is C23H35IN4O3. The fourth-order valence-electron chi connectivity index (χ4n) is 4.43. The first-order valence-corrected chi connectivity index (χ1v) is 11.1. The van der Waals surface area contributed by atoms with Crippen molar-refractivity contribution in [3.63, 3.8) is 0 Å². The van der Waals surface area contributed by atoms with Crippen molar-refractivity contribution in [1.29, 1.82) is 0 Å². The Labute approximate surface area is 201 Å². The number of nitrogens with zero attached hydrogens (tertiary/aromatic N) is 2. The number of aryl methyl sites for hydroxylation is 1. The van der Waals surface area contributed by atoms with Crippen LogP contribution in [0.1, 0.15) is 24.7 Å².